The Labute approximate surface area is 157 Å². The third-order valence-corrected chi connectivity index (χ3v) is 6.31. The van der Waals surface area contributed by atoms with Crippen molar-refractivity contribution < 1.29 is 9.53 Å². The highest BCUT2D eigenvalue weighted by Gasteiger charge is 2.24. The fourth-order valence-electron chi connectivity index (χ4n) is 2.31. The molecule has 0 bridgehead atoms. The number of carbonyl (C=O) groups is 1. The topological polar surface area (TPSA) is 69.0 Å². The average Bonchev–Trinajstić information content (AvgIpc) is 2.89. The van der Waals surface area contributed by atoms with E-state index in [2.05, 4.69) is 55.7 Å². The van der Waals surface area contributed by atoms with E-state index in [1.54, 1.807) is 18.6 Å². The van der Waals surface area contributed by atoms with Crippen LogP contribution in [0.1, 0.15) is 38.1 Å². The molecule has 0 spiro atoms. The molecule has 0 aliphatic rings. The standard InChI is InChI=1S/C19H32N4O2Si/c1-14(19(2,3)4)22-18(24)15-12-23(13-25-10-11-26(5,6)7)17-16(15)20-8-9-21-17/h8-9,12,14H,10-11,13H2,1-7H3,(H,22,24)/t14-/m0/s1. The molecule has 0 aromatic carbocycles. The van der Waals surface area contributed by atoms with Gasteiger partial charge in [-0.15, -0.1) is 0 Å². The Bertz CT molecular complexity index is 759. The van der Waals surface area contributed by atoms with Gasteiger partial charge < -0.3 is 14.6 Å². The molecule has 0 radical (unpaired) electrons. The molecule has 0 aliphatic carbocycles. The Morgan fingerprint density at radius 1 is 1.27 bits per heavy atom. The number of rotatable bonds is 7. The fourth-order valence-corrected chi connectivity index (χ4v) is 3.06. The van der Waals surface area contributed by atoms with Crippen LogP contribution >= 0.6 is 0 Å². The van der Waals surface area contributed by atoms with Gasteiger partial charge in [0.1, 0.15) is 12.2 Å². The minimum Gasteiger partial charge on any atom is -0.361 e. The van der Waals surface area contributed by atoms with Gasteiger partial charge in [-0.3, -0.25) is 9.78 Å². The van der Waals surface area contributed by atoms with Crippen molar-refractivity contribution in [3.63, 3.8) is 0 Å². The van der Waals surface area contributed by atoms with Crippen molar-refractivity contribution in [1.82, 2.24) is 19.9 Å². The molecule has 7 heteroatoms. The van der Waals surface area contributed by atoms with Crippen LogP contribution in [0.5, 0.6) is 0 Å². The molecule has 1 amide bonds. The highest BCUT2D eigenvalue weighted by molar-refractivity contribution is 6.76. The Morgan fingerprint density at radius 2 is 1.92 bits per heavy atom. The largest absolute Gasteiger partial charge is 0.361 e. The lowest BCUT2D eigenvalue weighted by Gasteiger charge is -2.27. The first-order chi connectivity index (χ1) is 12.0. The van der Waals surface area contributed by atoms with Gasteiger partial charge in [-0.1, -0.05) is 40.4 Å². The first-order valence-electron chi connectivity index (χ1n) is 9.17. The number of aromatic nitrogens is 3. The van der Waals surface area contributed by atoms with Crippen LogP contribution in [0.4, 0.5) is 0 Å². The monoisotopic (exact) mass is 376 g/mol. The summed E-state index contributed by atoms with van der Waals surface area (Å²) >= 11 is 0. The summed E-state index contributed by atoms with van der Waals surface area (Å²) in [7, 11) is -1.12. The Balaban J connectivity index is 2.17. The van der Waals surface area contributed by atoms with E-state index in [1.165, 1.54) is 0 Å². The van der Waals surface area contributed by atoms with Crippen LogP contribution in [-0.2, 0) is 11.5 Å². The van der Waals surface area contributed by atoms with Crippen molar-refractivity contribution in [1.29, 1.82) is 0 Å². The van der Waals surface area contributed by atoms with Crippen LogP contribution in [0.25, 0.3) is 11.2 Å². The van der Waals surface area contributed by atoms with Gasteiger partial charge in [-0.25, -0.2) is 4.98 Å². The number of carbonyl (C=O) groups excluding carboxylic acids is 1. The summed E-state index contributed by atoms with van der Waals surface area (Å²) in [6, 6.07) is 1.15. The third-order valence-electron chi connectivity index (χ3n) is 4.61. The molecule has 0 saturated carbocycles. The van der Waals surface area contributed by atoms with Crippen molar-refractivity contribution >= 4 is 25.1 Å². The van der Waals surface area contributed by atoms with Crippen LogP contribution in [0.2, 0.25) is 25.7 Å². The van der Waals surface area contributed by atoms with Gasteiger partial charge in [0.05, 0.1) is 5.56 Å². The summed E-state index contributed by atoms with van der Waals surface area (Å²) in [4.78, 5) is 21.5. The van der Waals surface area contributed by atoms with Crippen molar-refractivity contribution in [2.24, 2.45) is 5.41 Å². The summed E-state index contributed by atoms with van der Waals surface area (Å²) in [6.45, 7) is 16.4. The zero-order chi connectivity index (χ0) is 19.5. The second-order valence-corrected chi connectivity index (χ2v) is 14.8. The summed E-state index contributed by atoms with van der Waals surface area (Å²) in [5, 5.41) is 3.07. The van der Waals surface area contributed by atoms with E-state index in [9.17, 15) is 4.79 Å². The summed E-state index contributed by atoms with van der Waals surface area (Å²) in [5.74, 6) is -0.126. The molecular formula is C19H32N4O2Si. The first-order valence-corrected chi connectivity index (χ1v) is 12.9. The predicted molar refractivity (Wildman–Crippen MR) is 108 cm³/mol. The second kappa shape index (κ2) is 7.88. The van der Waals surface area contributed by atoms with E-state index in [-0.39, 0.29) is 17.4 Å². The number of hydrogen-bond acceptors (Lipinski definition) is 4. The van der Waals surface area contributed by atoms with E-state index in [1.807, 2.05) is 11.5 Å². The molecule has 0 fully saturated rings. The molecule has 2 rings (SSSR count). The normalized spacial score (nSPS) is 13.8. The van der Waals surface area contributed by atoms with Crippen molar-refractivity contribution in [3.05, 3.63) is 24.2 Å². The van der Waals surface area contributed by atoms with Gasteiger partial charge in [-0.2, -0.15) is 0 Å². The van der Waals surface area contributed by atoms with E-state index in [0.29, 0.717) is 23.5 Å². The zero-order valence-corrected chi connectivity index (χ0v) is 18.1. The maximum atomic E-state index is 12.8. The molecular weight excluding hydrogens is 344 g/mol. The van der Waals surface area contributed by atoms with E-state index in [4.69, 9.17) is 4.74 Å². The third kappa shape index (κ3) is 5.38. The zero-order valence-electron chi connectivity index (χ0n) is 17.1. The van der Waals surface area contributed by atoms with Crippen molar-refractivity contribution in [3.8, 4) is 0 Å². The molecule has 2 aromatic rings. The Morgan fingerprint density at radius 3 is 2.54 bits per heavy atom. The van der Waals surface area contributed by atoms with Crippen LogP contribution in [0.15, 0.2) is 18.6 Å². The lowest BCUT2D eigenvalue weighted by Crippen LogP contribution is -2.41. The summed E-state index contributed by atoms with van der Waals surface area (Å²) in [5.41, 5.74) is 1.81. The molecule has 144 valence electrons. The Kier molecular flexibility index (Phi) is 6.23. The van der Waals surface area contributed by atoms with Gasteiger partial charge in [0, 0.05) is 39.3 Å². The number of nitrogens with zero attached hydrogens (tertiary/aromatic N) is 3. The summed E-state index contributed by atoms with van der Waals surface area (Å²) < 4.78 is 7.69. The number of amides is 1. The summed E-state index contributed by atoms with van der Waals surface area (Å²) in [6.07, 6.45) is 5.05. The lowest BCUT2D eigenvalue weighted by atomic mass is 9.88. The van der Waals surface area contributed by atoms with Gasteiger partial charge in [-0.05, 0) is 18.4 Å². The van der Waals surface area contributed by atoms with E-state index in [0.717, 1.165) is 12.7 Å². The fraction of sp³-hybridized carbons (Fsp3) is 0.632. The molecule has 0 aliphatic heterocycles. The highest BCUT2D eigenvalue weighted by Crippen LogP contribution is 2.21. The maximum Gasteiger partial charge on any atom is 0.255 e. The molecule has 2 heterocycles. The van der Waals surface area contributed by atoms with Crippen LogP contribution in [0, 0.1) is 5.41 Å². The van der Waals surface area contributed by atoms with Gasteiger partial charge in [0.2, 0.25) is 0 Å². The molecule has 0 saturated heterocycles. The van der Waals surface area contributed by atoms with Gasteiger partial charge in [0.25, 0.3) is 5.91 Å². The quantitative estimate of drug-likeness (QED) is 0.587. The molecule has 2 aromatic heterocycles. The molecule has 26 heavy (non-hydrogen) atoms. The SMILES string of the molecule is C[C@H](NC(=O)c1cn(COCC[Si](C)(C)C)c2nccnc12)C(C)(C)C. The molecule has 6 nitrogen and oxygen atoms in total. The van der Waals surface area contributed by atoms with Crippen molar-refractivity contribution in [2.75, 3.05) is 6.61 Å². The number of ether oxygens (including phenoxy) is 1. The van der Waals surface area contributed by atoms with Crippen LogP contribution < -0.4 is 5.32 Å². The predicted octanol–water partition coefficient (Wildman–Crippen LogP) is 3.91. The van der Waals surface area contributed by atoms with Crippen molar-refractivity contribution in [2.45, 2.75) is 66.2 Å². The first kappa shape index (κ1) is 20.6. The molecule has 1 atom stereocenters. The lowest BCUT2D eigenvalue weighted by molar-refractivity contribution is 0.0883. The van der Waals surface area contributed by atoms with Crippen LogP contribution in [-0.4, -0.2) is 41.2 Å². The second-order valence-electron chi connectivity index (χ2n) is 9.15. The van der Waals surface area contributed by atoms with Gasteiger partial charge in [0.15, 0.2) is 5.65 Å². The van der Waals surface area contributed by atoms with Crippen LogP contribution in [0.3, 0.4) is 0 Å². The number of hydrogen-bond donors (Lipinski definition) is 1. The minimum atomic E-state index is -1.12. The number of nitrogens with one attached hydrogen (secondary N) is 1. The number of fused-ring (bicyclic) bond motifs is 1. The Hall–Kier alpha value is -1.73. The van der Waals surface area contributed by atoms with E-state index >= 15 is 0 Å². The average molecular weight is 377 g/mol. The highest BCUT2D eigenvalue weighted by atomic mass is 28.3. The smallest absolute Gasteiger partial charge is 0.255 e. The van der Waals surface area contributed by atoms with Gasteiger partial charge >= 0.3 is 0 Å². The minimum absolute atomic E-state index is 0.0142. The molecule has 1 N–H and O–H groups in total. The molecule has 0 unspecified atom stereocenters. The van der Waals surface area contributed by atoms with E-state index < -0.39 is 8.07 Å². The maximum absolute atomic E-state index is 12.8.